The van der Waals surface area contributed by atoms with Crippen molar-refractivity contribution in [3.8, 4) is 0 Å². The fourth-order valence-electron chi connectivity index (χ4n) is 1.81. The smallest absolute Gasteiger partial charge is 0.267 e. The Kier molecular flexibility index (Phi) is 3.77. The molecule has 0 saturated heterocycles. The molecule has 2 aromatic rings. The average molecular weight is 311 g/mol. The Hall–Kier alpha value is -2.29. The van der Waals surface area contributed by atoms with Crippen molar-refractivity contribution in [2.75, 3.05) is 11.8 Å². The number of carbonyl (C=O) groups is 1. The van der Waals surface area contributed by atoms with E-state index in [4.69, 9.17) is 0 Å². The summed E-state index contributed by atoms with van der Waals surface area (Å²) < 4.78 is 28.5. The molecule has 3 N–H and O–H groups in total. The quantitative estimate of drug-likeness (QED) is 0.765. The average Bonchev–Trinajstić information content (AvgIpc) is 2.96. The number of carbonyl (C=O) groups excluding carboxylic acids is 1. The van der Waals surface area contributed by atoms with E-state index in [1.54, 1.807) is 20.9 Å². The number of rotatable bonds is 4. The van der Waals surface area contributed by atoms with Crippen molar-refractivity contribution < 1.29 is 13.2 Å². The molecule has 0 aromatic carbocycles. The maximum atomic E-state index is 12.3. The maximum absolute atomic E-state index is 12.3. The van der Waals surface area contributed by atoms with Gasteiger partial charge in [0.05, 0.1) is 0 Å². The molecule has 21 heavy (non-hydrogen) atoms. The van der Waals surface area contributed by atoms with Crippen molar-refractivity contribution in [2.45, 2.75) is 18.7 Å². The van der Waals surface area contributed by atoms with Gasteiger partial charge in [0.2, 0.25) is 0 Å². The molecule has 0 aliphatic heterocycles. The Morgan fingerprint density at radius 2 is 2.05 bits per heavy atom. The van der Waals surface area contributed by atoms with Crippen LogP contribution in [0.15, 0.2) is 17.2 Å². The molecule has 2 heterocycles. The van der Waals surface area contributed by atoms with E-state index in [2.05, 4.69) is 20.2 Å². The Morgan fingerprint density at radius 3 is 2.57 bits per heavy atom. The minimum atomic E-state index is -3.80. The maximum Gasteiger partial charge on any atom is 0.267 e. The third kappa shape index (κ3) is 2.77. The van der Waals surface area contributed by atoms with Gasteiger partial charge in [-0.25, -0.2) is 8.42 Å². The number of aromatic amines is 1. The van der Waals surface area contributed by atoms with Gasteiger partial charge >= 0.3 is 0 Å². The van der Waals surface area contributed by atoms with Crippen molar-refractivity contribution in [3.05, 3.63) is 29.2 Å². The lowest BCUT2D eigenvalue weighted by molar-refractivity contribution is 0.0955. The van der Waals surface area contributed by atoms with Crippen LogP contribution < -0.4 is 10.0 Å². The zero-order chi connectivity index (χ0) is 15.8. The van der Waals surface area contributed by atoms with Crippen LogP contribution in [0.1, 0.15) is 21.7 Å². The van der Waals surface area contributed by atoms with Gasteiger partial charge < -0.3 is 9.88 Å². The van der Waals surface area contributed by atoms with Crippen LogP contribution in [-0.2, 0) is 17.1 Å². The van der Waals surface area contributed by atoms with Crippen LogP contribution in [0.25, 0.3) is 0 Å². The largest absolute Gasteiger partial charge is 0.354 e. The lowest BCUT2D eigenvalue weighted by Gasteiger charge is -2.04. The number of sulfonamides is 1. The summed E-state index contributed by atoms with van der Waals surface area (Å²) in [6, 6.07) is 1.32. The van der Waals surface area contributed by atoms with Crippen molar-refractivity contribution in [1.82, 2.24) is 20.1 Å². The number of nitrogens with one attached hydrogen (secondary N) is 3. The molecule has 0 aliphatic rings. The fraction of sp³-hybridized carbons (Fsp3) is 0.333. The summed E-state index contributed by atoms with van der Waals surface area (Å²) in [5.74, 6) is -0.108. The number of H-pyrrole nitrogens is 1. The van der Waals surface area contributed by atoms with Crippen LogP contribution in [0.3, 0.4) is 0 Å². The van der Waals surface area contributed by atoms with Gasteiger partial charge in [-0.2, -0.15) is 5.10 Å². The highest BCUT2D eigenvalue weighted by atomic mass is 32.2. The monoisotopic (exact) mass is 311 g/mol. The highest BCUT2D eigenvalue weighted by Gasteiger charge is 2.22. The molecule has 0 saturated carbocycles. The molecule has 0 fully saturated rings. The van der Waals surface area contributed by atoms with Crippen LogP contribution in [0.2, 0.25) is 0 Å². The van der Waals surface area contributed by atoms with Crippen LogP contribution in [-0.4, -0.2) is 36.1 Å². The minimum absolute atomic E-state index is 0.00338. The van der Waals surface area contributed by atoms with Crippen molar-refractivity contribution in [2.24, 2.45) is 7.05 Å². The second kappa shape index (κ2) is 5.24. The Bertz CT molecular complexity index is 788. The number of aromatic nitrogens is 3. The highest BCUT2D eigenvalue weighted by molar-refractivity contribution is 7.92. The van der Waals surface area contributed by atoms with E-state index in [1.807, 2.05) is 0 Å². The summed E-state index contributed by atoms with van der Waals surface area (Å²) in [5, 5.41) is 9.07. The molecule has 114 valence electrons. The molecule has 1 amide bonds. The number of aryl methyl sites for hydroxylation is 2. The summed E-state index contributed by atoms with van der Waals surface area (Å²) in [6.45, 7) is 3.56. The van der Waals surface area contributed by atoms with Gasteiger partial charge in [-0.15, -0.1) is 0 Å². The van der Waals surface area contributed by atoms with E-state index in [9.17, 15) is 13.2 Å². The number of hydrogen-bond acceptors (Lipinski definition) is 4. The van der Waals surface area contributed by atoms with Gasteiger partial charge in [-0.3, -0.25) is 14.6 Å². The van der Waals surface area contributed by atoms with Crippen LogP contribution in [0.5, 0.6) is 0 Å². The third-order valence-electron chi connectivity index (χ3n) is 3.23. The molecule has 0 atom stereocenters. The Morgan fingerprint density at radius 1 is 1.38 bits per heavy atom. The second-order valence-electron chi connectivity index (χ2n) is 4.68. The highest BCUT2D eigenvalue weighted by Crippen LogP contribution is 2.20. The van der Waals surface area contributed by atoms with E-state index < -0.39 is 10.0 Å². The van der Waals surface area contributed by atoms with Crippen molar-refractivity contribution in [3.63, 3.8) is 0 Å². The van der Waals surface area contributed by atoms with Crippen LogP contribution in [0, 0.1) is 13.8 Å². The fourth-order valence-corrected chi connectivity index (χ4v) is 2.94. The van der Waals surface area contributed by atoms with Crippen molar-refractivity contribution in [1.29, 1.82) is 0 Å². The first-order valence-electron chi connectivity index (χ1n) is 6.19. The van der Waals surface area contributed by atoms with Gasteiger partial charge in [0, 0.05) is 31.5 Å². The summed E-state index contributed by atoms with van der Waals surface area (Å²) in [7, 11) is -0.711. The molecule has 8 nitrogen and oxygen atoms in total. The molecule has 0 bridgehead atoms. The van der Waals surface area contributed by atoms with Gasteiger partial charge in [0.1, 0.15) is 10.6 Å². The van der Waals surface area contributed by atoms with Gasteiger partial charge in [0.15, 0.2) is 5.82 Å². The Labute approximate surface area is 122 Å². The molecule has 0 radical (unpaired) electrons. The minimum Gasteiger partial charge on any atom is -0.354 e. The predicted molar refractivity (Wildman–Crippen MR) is 77.7 cm³/mol. The van der Waals surface area contributed by atoms with Crippen LogP contribution in [0.4, 0.5) is 5.82 Å². The Balaban J connectivity index is 2.36. The second-order valence-corrected chi connectivity index (χ2v) is 6.36. The molecule has 2 rings (SSSR count). The number of amides is 1. The topological polar surface area (TPSA) is 109 Å². The molecular formula is C12H17N5O3S. The van der Waals surface area contributed by atoms with Crippen LogP contribution >= 0.6 is 0 Å². The number of nitrogens with zero attached hydrogens (tertiary/aromatic N) is 2. The number of anilines is 1. The van der Waals surface area contributed by atoms with Gasteiger partial charge in [0.25, 0.3) is 15.9 Å². The summed E-state index contributed by atoms with van der Waals surface area (Å²) >= 11 is 0. The first-order valence-corrected chi connectivity index (χ1v) is 7.67. The summed E-state index contributed by atoms with van der Waals surface area (Å²) in [4.78, 5) is 11.6. The van der Waals surface area contributed by atoms with E-state index >= 15 is 0 Å². The van der Waals surface area contributed by atoms with Crippen molar-refractivity contribution >= 4 is 21.7 Å². The van der Waals surface area contributed by atoms with E-state index in [0.717, 1.165) is 11.3 Å². The van der Waals surface area contributed by atoms with Gasteiger partial charge in [-0.1, -0.05) is 0 Å². The SMILES string of the molecule is CNC(=O)c1cc(S(=O)(=O)Nc2n[nH]c(C)c2C)cn1C. The molecule has 0 aliphatic carbocycles. The molecule has 2 aromatic heterocycles. The zero-order valence-electron chi connectivity index (χ0n) is 12.2. The lowest BCUT2D eigenvalue weighted by atomic mass is 10.3. The van der Waals surface area contributed by atoms with E-state index in [0.29, 0.717) is 0 Å². The standard InChI is InChI=1S/C12H17N5O3S/c1-7-8(2)14-15-11(7)16-21(19,20)9-5-10(12(18)13-3)17(4)6-9/h5-6H,1-4H3,(H,13,18)(H2,14,15,16). The first-order chi connectivity index (χ1) is 9.76. The van der Waals surface area contributed by atoms with E-state index in [-0.39, 0.29) is 22.3 Å². The van der Waals surface area contributed by atoms with E-state index in [1.165, 1.54) is 23.9 Å². The molecule has 0 unspecified atom stereocenters. The lowest BCUT2D eigenvalue weighted by Crippen LogP contribution is -2.20. The normalized spacial score (nSPS) is 11.4. The molecular weight excluding hydrogens is 294 g/mol. The molecule has 9 heteroatoms. The predicted octanol–water partition coefficient (Wildman–Crippen LogP) is 0.525. The number of hydrogen-bond donors (Lipinski definition) is 3. The third-order valence-corrected chi connectivity index (χ3v) is 4.54. The van der Waals surface area contributed by atoms with Gasteiger partial charge in [-0.05, 0) is 19.9 Å². The summed E-state index contributed by atoms with van der Waals surface area (Å²) in [6.07, 6.45) is 1.38. The molecule has 0 spiro atoms. The first kappa shape index (κ1) is 15.1. The summed E-state index contributed by atoms with van der Waals surface area (Å²) in [5.41, 5.74) is 1.76. The zero-order valence-corrected chi connectivity index (χ0v) is 13.0.